The lowest BCUT2D eigenvalue weighted by atomic mass is 9.97. The van der Waals surface area contributed by atoms with Gasteiger partial charge in [0.25, 0.3) is 0 Å². The number of hydrazone groups is 1. The van der Waals surface area contributed by atoms with Gasteiger partial charge in [0.2, 0.25) is 5.91 Å². The molecule has 1 N–H and O–H groups in total. The maximum absolute atomic E-state index is 12.6. The minimum atomic E-state index is -1.01. The zero-order valence-electron chi connectivity index (χ0n) is 14.4. The summed E-state index contributed by atoms with van der Waals surface area (Å²) in [4.78, 5) is 23.4. The fourth-order valence-corrected chi connectivity index (χ4v) is 3.24. The summed E-state index contributed by atoms with van der Waals surface area (Å²) in [6.45, 7) is 2.01. The van der Waals surface area contributed by atoms with Crippen molar-refractivity contribution in [3.63, 3.8) is 0 Å². The second-order valence-corrected chi connectivity index (χ2v) is 6.69. The van der Waals surface area contributed by atoms with E-state index >= 15 is 0 Å². The Morgan fingerprint density at radius 2 is 1.85 bits per heavy atom. The number of carbonyl (C=O) groups excluding carboxylic acids is 1. The van der Waals surface area contributed by atoms with E-state index in [0.29, 0.717) is 11.4 Å². The van der Waals surface area contributed by atoms with Crippen molar-refractivity contribution in [3.8, 4) is 0 Å². The molecule has 5 nitrogen and oxygen atoms in total. The fraction of sp³-hybridized carbons (Fsp3) is 0.250. The van der Waals surface area contributed by atoms with Gasteiger partial charge in [-0.2, -0.15) is 5.10 Å². The zero-order chi connectivity index (χ0) is 18.7. The summed E-state index contributed by atoms with van der Waals surface area (Å²) in [5.41, 5.74) is 3.69. The first-order valence-corrected chi connectivity index (χ1v) is 8.76. The topological polar surface area (TPSA) is 70.0 Å². The fourth-order valence-electron chi connectivity index (χ4n) is 2.98. The monoisotopic (exact) mass is 370 g/mol. The van der Waals surface area contributed by atoms with Crippen molar-refractivity contribution < 1.29 is 14.7 Å². The molecular formula is C20H19ClN2O3. The summed E-state index contributed by atoms with van der Waals surface area (Å²) in [7, 11) is 0. The van der Waals surface area contributed by atoms with Crippen LogP contribution in [0.25, 0.3) is 0 Å². The van der Waals surface area contributed by atoms with E-state index in [0.717, 1.165) is 22.4 Å². The molecule has 1 aliphatic heterocycles. The average molecular weight is 371 g/mol. The van der Waals surface area contributed by atoms with Crippen LogP contribution in [0.15, 0.2) is 53.6 Å². The van der Waals surface area contributed by atoms with Crippen molar-refractivity contribution in [2.24, 2.45) is 5.10 Å². The van der Waals surface area contributed by atoms with E-state index in [1.165, 1.54) is 5.01 Å². The van der Waals surface area contributed by atoms with E-state index < -0.39 is 5.97 Å². The number of carboxylic acids is 1. The average Bonchev–Trinajstić information content (AvgIpc) is 3.06. The van der Waals surface area contributed by atoms with Crippen LogP contribution < -0.4 is 0 Å². The molecule has 0 saturated heterocycles. The van der Waals surface area contributed by atoms with Gasteiger partial charge in [0.05, 0.1) is 18.2 Å². The molecule has 134 valence electrons. The van der Waals surface area contributed by atoms with E-state index in [1.807, 2.05) is 49.4 Å². The Labute approximate surface area is 156 Å². The summed E-state index contributed by atoms with van der Waals surface area (Å²) in [6.07, 6.45) is 0.215. The Morgan fingerprint density at radius 1 is 1.15 bits per heavy atom. The molecular weight excluding hydrogens is 352 g/mol. The number of rotatable bonds is 5. The van der Waals surface area contributed by atoms with Crippen molar-refractivity contribution in [2.75, 3.05) is 0 Å². The highest BCUT2D eigenvalue weighted by Gasteiger charge is 2.34. The standard InChI is InChI=1S/C20H19ClN2O3/c1-13-6-8-14(9-7-13)17-12-18(15-4-2-3-5-16(15)21)23(22-17)19(24)10-11-20(25)26/h2-9,18H,10-12H2,1H3,(H,25,26)/t18-/m0/s1. The minimum absolute atomic E-state index is 0.0963. The number of aliphatic carboxylic acids is 1. The van der Waals surface area contributed by atoms with Gasteiger partial charge in [-0.1, -0.05) is 59.6 Å². The van der Waals surface area contributed by atoms with Crippen LogP contribution in [0.4, 0.5) is 0 Å². The first kappa shape index (κ1) is 18.1. The Bertz CT molecular complexity index is 862. The Kier molecular flexibility index (Phi) is 5.38. The van der Waals surface area contributed by atoms with Crippen molar-refractivity contribution in [2.45, 2.75) is 32.2 Å². The molecule has 0 saturated carbocycles. The molecule has 2 aromatic rings. The molecule has 2 aromatic carbocycles. The predicted octanol–water partition coefficient (Wildman–Crippen LogP) is 4.19. The molecule has 0 spiro atoms. The van der Waals surface area contributed by atoms with E-state index in [9.17, 15) is 9.59 Å². The molecule has 0 unspecified atom stereocenters. The number of carboxylic acid groups (broad SMARTS) is 1. The van der Waals surface area contributed by atoms with Crippen LogP contribution in [0.1, 0.15) is 42.0 Å². The van der Waals surface area contributed by atoms with E-state index in [2.05, 4.69) is 5.10 Å². The number of amides is 1. The number of nitrogens with zero attached hydrogens (tertiary/aromatic N) is 2. The van der Waals surface area contributed by atoms with Gasteiger partial charge in [-0.25, -0.2) is 5.01 Å². The number of hydrogen-bond donors (Lipinski definition) is 1. The summed E-state index contributed by atoms with van der Waals surface area (Å²) >= 11 is 6.33. The Morgan fingerprint density at radius 3 is 2.50 bits per heavy atom. The number of halogens is 1. The third kappa shape index (κ3) is 3.94. The molecule has 0 radical (unpaired) electrons. The van der Waals surface area contributed by atoms with Crippen molar-refractivity contribution in [1.29, 1.82) is 0 Å². The van der Waals surface area contributed by atoms with Crippen LogP contribution in [0, 0.1) is 6.92 Å². The molecule has 26 heavy (non-hydrogen) atoms. The molecule has 0 aliphatic carbocycles. The highest BCUT2D eigenvalue weighted by Crippen LogP contribution is 2.36. The van der Waals surface area contributed by atoms with Gasteiger partial charge in [0.15, 0.2) is 0 Å². The van der Waals surface area contributed by atoms with Gasteiger partial charge >= 0.3 is 5.97 Å². The summed E-state index contributed by atoms with van der Waals surface area (Å²) in [5, 5.41) is 15.3. The number of carbonyl (C=O) groups is 2. The van der Waals surface area contributed by atoms with E-state index in [-0.39, 0.29) is 24.8 Å². The molecule has 6 heteroatoms. The van der Waals surface area contributed by atoms with Gasteiger partial charge in [-0.3, -0.25) is 9.59 Å². The molecule has 3 rings (SSSR count). The zero-order valence-corrected chi connectivity index (χ0v) is 15.1. The summed E-state index contributed by atoms with van der Waals surface area (Å²) in [6, 6.07) is 15.0. The lowest BCUT2D eigenvalue weighted by molar-refractivity contribution is -0.141. The van der Waals surface area contributed by atoms with E-state index in [4.69, 9.17) is 16.7 Å². The summed E-state index contributed by atoms with van der Waals surface area (Å²) in [5.74, 6) is -1.32. The van der Waals surface area contributed by atoms with Gasteiger partial charge in [-0.05, 0) is 24.1 Å². The van der Waals surface area contributed by atoms with Crippen LogP contribution in [0.2, 0.25) is 5.02 Å². The molecule has 0 bridgehead atoms. The van der Waals surface area contributed by atoms with Crippen LogP contribution >= 0.6 is 11.6 Å². The molecule has 1 amide bonds. The third-order valence-corrected chi connectivity index (χ3v) is 4.71. The van der Waals surface area contributed by atoms with Crippen LogP contribution in [-0.4, -0.2) is 27.7 Å². The second-order valence-electron chi connectivity index (χ2n) is 6.29. The quantitative estimate of drug-likeness (QED) is 0.857. The second kappa shape index (κ2) is 7.70. The number of benzene rings is 2. The Balaban J connectivity index is 1.93. The highest BCUT2D eigenvalue weighted by molar-refractivity contribution is 6.31. The summed E-state index contributed by atoms with van der Waals surface area (Å²) < 4.78 is 0. The van der Waals surface area contributed by atoms with Gasteiger partial charge in [-0.15, -0.1) is 0 Å². The molecule has 1 atom stereocenters. The van der Waals surface area contributed by atoms with Crippen molar-refractivity contribution in [3.05, 3.63) is 70.2 Å². The van der Waals surface area contributed by atoms with Crippen molar-refractivity contribution >= 4 is 29.2 Å². The Hall–Kier alpha value is -2.66. The normalized spacial score (nSPS) is 16.5. The smallest absolute Gasteiger partial charge is 0.303 e. The maximum atomic E-state index is 12.6. The first-order chi connectivity index (χ1) is 12.5. The number of aryl methyl sites for hydroxylation is 1. The van der Waals surface area contributed by atoms with Gasteiger partial charge in [0.1, 0.15) is 0 Å². The molecule has 0 fully saturated rings. The first-order valence-electron chi connectivity index (χ1n) is 8.38. The third-order valence-electron chi connectivity index (χ3n) is 4.37. The predicted molar refractivity (Wildman–Crippen MR) is 100 cm³/mol. The van der Waals surface area contributed by atoms with Crippen LogP contribution in [0.3, 0.4) is 0 Å². The highest BCUT2D eigenvalue weighted by atomic mass is 35.5. The van der Waals surface area contributed by atoms with Crippen LogP contribution in [-0.2, 0) is 9.59 Å². The largest absolute Gasteiger partial charge is 0.481 e. The lowest BCUT2D eigenvalue weighted by Crippen LogP contribution is -2.27. The molecule has 1 heterocycles. The maximum Gasteiger partial charge on any atom is 0.303 e. The minimum Gasteiger partial charge on any atom is -0.481 e. The van der Waals surface area contributed by atoms with Crippen molar-refractivity contribution in [1.82, 2.24) is 5.01 Å². The molecule has 1 aliphatic rings. The number of hydrogen-bond acceptors (Lipinski definition) is 3. The van der Waals surface area contributed by atoms with Gasteiger partial charge < -0.3 is 5.11 Å². The van der Waals surface area contributed by atoms with Crippen LogP contribution in [0.5, 0.6) is 0 Å². The van der Waals surface area contributed by atoms with E-state index in [1.54, 1.807) is 6.07 Å². The lowest BCUT2D eigenvalue weighted by Gasteiger charge is -2.22. The SMILES string of the molecule is Cc1ccc(C2=NN(C(=O)CCC(=O)O)[C@H](c3ccccc3Cl)C2)cc1. The molecule has 0 aromatic heterocycles. The van der Waals surface area contributed by atoms with Gasteiger partial charge in [0, 0.05) is 17.9 Å².